The highest BCUT2D eigenvalue weighted by Gasteiger charge is 2.45. The van der Waals surface area contributed by atoms with E-state index in [2.05, 4.69) is 5.32 Å². The smallest absolute Gasteiger partial charge is 0.416 e. The Morgan fingerprint density at radius 2 is 1.62 bits per heavy atom. The van der Waals surface area contributed by atoms with Gasteiger partial charge in [0.2, 0.25) is 0 Å². The Balaban J connectivity index is 1.43. The molecule has 0 bridgehead atoms. The fourth-order valence-corrected chi connectivity index (χ4v) is 4.61. The van der Waals surface area contributed by atoms with Crippen LogP contribution in [0.5, 0.6) is 0 Å². The Hall–Kier alpha value is -4.14. The van der Waals surface area contributed by atoms with Crippen molar-refractivity contribution in [3.8, 4) is 0 Å². The number of piperidine rings is 1. The molecule has 5 rings (SSSR count). The largest absolute Gasteiger partial charge is 0.445 e. The number of nitrogens with zero attached hydrogens (tertiary/aromatic N) is 2. The normalized spacial score (nSPS) is 16.9. The zero-order chi connectivity index (χ0) is 26.0. The standard InChI is InChI=1S/C28H24F3N3O3/c29-28(30,31)21-11-12-23-22(17-21)24(20-9-5-2-6-10-20)33-27(25(35)32-23)13-15-34(16-14-27)26(36)37-18-19-7-3-1-4-8-19/h1-12,17H,13-16,18H2,(H,32,35). The Bertz CT molecular complexity index is 1330. The molecule has 1 fully saturated rings. The van der Waals surface area contributed by atoms with Gasteiger partial charge in [-0.2, -0.15) is 13.2 Å². The number of aliphatic imine (C=N–C) groups is 1. The van der Waals surface area contributed by atoms with E-state index in [1.54, 1.807) is 30.3 Å². The lowest BCUT2D eigenvalue weighted by Crippen LogP contribution is -2.51. The number of anilines is 1. The molecule has 2 heterocycles. The average Bonchev–Trinajstić information content (AvgIpc) is 3.02. The van der Waals surface area contributed by atoms with Crippen LogP contribution in [0.1, 0.15) is 35.1 Å². The van der Waals surface area contributed by atoms with E-state index in [-0.39, 0.29) is 43.8 Å². The number of likely N-dealkylation sites (tertiary alicyclic amines) is 1. The molecule has 0 aliphatic carbocycles. The van der Waals surface area contributed by atoms with Crippen LogP contribution in [0.4, 0.5) is 23.7 Å². The van der Waals surface area contributed by atoms with Gasteiger partial charge in [0.05, 0.1) is 17.0 Å². The number of rotatable bonds is 3. The number of ether oxygens (including phenoxy) is 1. The van der Waals surface area contributed by atoms with Gasteiger partial charge >= 0.3 is 12.3 Å². The average molecular weight is 508 g/mol. The van der Waals surface area contributed by atoms with Crippen LogP contribution in [0, 0.1) is 0 Å². The molecule has 9 heteroatoms. The summed E-state index contributed by atoms with van der Waals surface area (Å²) in [7, 11) is 0. The lowest BCUT2D eigenvalue weighted by molar-refractivity contribution is -0.137. The predicted octanol–water partition coefficient (Wildman–Crippen LogP) is 5.67. The zero-order valence-electron chi connectivity index (χ0n) is 19.8. The highest BCUT2D eigenvalue weighted by Crippen LogP contribution is 2.38. The van der Waals surface area contributed by atoms with Gasteiger partial charge in [0.25, 0.3) is 5.91 Å². The Morgan fingerprint density at radius 3 is 2.27 bits per heavy atom. The monoisotopic (exact) mass is 507 g/mol. The fraction of sp³-hybridized carbons (Fsp3) is 0.250. The number of benzene rings is 3. The van der Waals surface area contributed by atoms with E-state index in [9.17, 15) is 22.8 Å². The number of hydrogen-bond acceptors (Lipinski definition) is 4. The molecule has 6 nitrogen and oxygen atoms in total. The second kappa shape index (κ2) is 9.72. The van der Waals surface area contributed by atoms with Crippen molar-refractivity contribution >= 4 is 23.4 Å². The van der Waals surface area contributed by atoms with Crippen LogP contribution in [0.2, 0.25) is 0 Å². The van der Waals surface area contributed by atoms with Crippen LogP contribution in [0.3, 0.4) is 0 Å². The van der Waals surface area contributed by atoms with Crippen LogP contribution >= 0.6 is 0 Å². The van der Waals surface area contributed by atoms with Crippen molar-refractivity contribution in [3.63, 3.8) is 0 Å². The van der Waals surface area contributed by atoms with Crippen LogP contribution in [-0.4, -0.2) is 41.2 Å². The summed E-state index contributed by atoms with van der Waals surface area (Å²) < 4.78 is 46.0. The number of carbonyl (C=O) groups is 2. The Morgan fingerprint density at radius 1 is 0.973 bits per heavy atom. The van der Waals surface area contributed by atoms with Gasteiger partial charge in [-0.3, -0.25) is 9.79 Å². The summed E-state index contributed by atoms with van der Waals surface area (Å²) in [6.07, 6.45) is -4.63. The second-order valence-electron chi connectivity index (χ2n) is 9.10. The molecular formula is C28H24F3N3O3. The SMILES string of the molecule is O=C(OCc1ccccc1)N1CCC2(CC1)N=C(c1ccccc1)c1cc(C(F)(F)F)ccc1NC2=O. The molecule has 2 amide bonds. The molecule has 0 atom stereocenters. The van der Waals surface area contributed by atoms with Crippen LogP contribution in [0.15, 0.2) is 83.9 Å². The molecule has 3 aromatic rings. The molecule has 1 spiro atoms. The molecule has 1 saturated heterocycles. The lowest BCUT2D eigenvalue weighted by atomic mass is 9.87. The first kappa shape index (κ1) is 24.5. The molecule has 3 aromatic carbocycles. The molecule has 0 saturated carbocycles. The summed E-state index contributed by atoms with van der Waals surface area (Å²) in [4.78, 5) is 32.4. The summed E-state index contributed by atoms with van der Waals surface area (Å²) >= 11 is 0. The van der Waals surface area contributed by atoms with Gasteiger partial charge in [-0.25, -0.2) is 4.79 Å². The van der Waals surface area contributed by atoms with E-state index in [1.807, 2.05) is 30.3 Å². The van der Waals surface area contributed by atoms with E-state index in [0.29, 0.717) is 11.3 Å². The van der Waals surface area contributed by atoms with Gasteiger partial charge in [0.1, 0.15) is 12.1 Å². The number of nitrogens with one attached hydrogen (secondary N) is 1. The van der Waals surface area contributed by atoms with E-state index in [4.69, 9.17) is 9.73 Å². The Labute approximate surface area is 211 Å². The first-order valence-electron chi connectivity index (χ1n) is 11.9. The lowest BCUT2D eigenvalue weighted by Gasteiger charge is -2.37. The fourth-order valence-electron chi connectivity index (χ4n) is 4.61. The van der Waals surface area contributed by atoms with E-state index in [0.717, 1.165) is 17.7 Å². The van der Waals surface area contributed by atoms with Crippen molar-refractivity contribution in [2.45, 2.75) is 31.2 Å². The third-order valence-electron chi connectivity index (χ3n) is 6.70. The maximum atomic E-state index is 13.5. The molecule has 0 unspecified atom stereocenters. The van der Waals surface area contributed by atoms with Gasteiger partial charge in [0, 0.05) is 24.2 Å². The molecule has 37 heavy (non-hydrogen) atoms. The van der Waals surface area contributed by atoms with Gasteiger partial charge in [-0.05, 0) is 36.6 Å². The van der Waals surface area contributed by atoms with Crippen molar-refractivity contribution in [3.05, 3.63) is 101 Å². The first-order valence-corrected chi connectivity index (χ1v) is 11.9. The first-order chi connectivity index (χ1) is 17.7. The Kier molecular flexibility index (Phi) is 6.45. The second-order valence-corrected chi connectivity index (χ2v) is 9.10. The number of fused-ring (bicyclic) bond motifs is 1. The number of alkyl halides is 3. The molecule has 1 N–H and O–H groups in total. The van der Waals surface area contributed by atoms with Crippen LogP contribution in [-0.2, 0) is 22.3 Å². The summed E-state index contributed by atoms with van der Waals surface area (Å²) in [6, 6.07) is 21.4. The number of carbonyl (C=O) groups excluding carboxylic acids is 2. The zero-order valence-corrected chi connectivity index (χ0v) is 19.8. The molecule has 0 aromatic heterocycles. The molecule has 2 aliphatic rings. The van der Waals surface area contributed by atoms with Gasteiger partial charge < -0.3 is 15.0 Å². The minimum absolute atomic E-state index is 0.134. The summed E-state index contributed by atoms with van der Waals surface area (Å²) in [5, 5.41) is 2.80. The number of halogens is 3. The van der Waals surface area contributed by atoms with E-state index >= 15 is 0 Å². The predicted molar refractivity (Wildman–Crippen MR) is 132 cm³/mol. The van der Waals surface area contributed by atoms with Crippen molar-refractivity contribution in [1.82, 2.24) is 4.90 Å². The molecule has 2 aliphatic heterocycles. The number of hydrogen-bond donors (Lipinski definition) is 1. The quantitative estimate of drug-likeness (QED) is 0.497. The molecule has 0 radical (unpaired) electrons. The van der Waals surface area contributed by atoms with E-state index < -0.39 is 29.3 Å². The van der Waals surface area contributed by atoms with Crippen LogP contribution in [0.25, 0.3) is 0 Å². The van der Waals surface area contributed by atoms with Gasteiger partial charge in [0.15, 0.2) is 0 Å². The third-order valence-corrected chi connectivity index (χ3v) is 6.70. The minimum atomic E-state index is -4.55. The summed E-state index contributed by atoms with van der Waals surface area (Å²) in [6.45, 7) is 0.572. The summed E-state index contributed by atoms with van der Waals surface area (Å²) in [5.41, 5.74) is 0.178. The highest BCUT2D eigenvalue weighted by molar-refractivity contribution is 6.20. The van der Waals surface area contributed by atoms with Gasteiger partial charge in [-0.15, -0.1) is 0 Å². The van der Waals surface area contributed by atoms with Crippen molar-refractivity contribution in [2.24, 2.45) is 4.99 Å². The highest BCUT2D eigenvalue weighted by atomic mass is 19.4. The van der Waals surface area contributed by atoms with Crippen molar-refractivity contribution in [1.29, 1.82) is 0 Å². The number of amides is 2. The van der Waals surface area contributed by atoms with Crippen LogP contribution < -0.4 is 5.32 Å². The minimum Gasteiger partial charge on any atom is -0.445 e. The molecular weight excluding hydrogens is 483 g/mol. The maximum absolute atomic E-state index is 13.5. The molecule has 190 valence electrons. The third kappa shape index (κ3) is 5.07. The maximum Gasteiger partial charge on any atom is 0.416 e. The topological polar surface area (TPSA) is 71.0 Å². The summed E-state index contributed by atoms with van der Waals surface area (Å²) in [5.74, 6) is -0.406. The van der Waals surface area contributed by atoms with E-state index in [1.165, 1.54) is 11.0 Å². The van der Waals surface area contributed by atoms with Crippen molar-refractivity contribution in [2.75, 3.05) is 18.4 Å². The van der Waals surface area contributed by atoms with Gasteiger partial charge in [-0.1, -0.05) is 60.7 Å². The van der Waals surface area contributed by atoms with Crippen molar-refractivity contribution < 1.29 is 27.5 Å².